The van der Waals surface area contributed by atoms with E-state index >= 15 is 22.0 Å². The number of halogens is 5. The SMILES string of the molecule is N#Cc1cc(-n2c3cc(-c4cccnc4-c4ccccc4)ccc3c3ccc(-c4cccnc4-c4ccccc4)cc32)c(-c2c(F)c(F)c(F)c(F)c2F)c(-n2c3cc(-c4cccnc4-c4ccccc4)ccc3c3ccc(-c4cccnc4-c4ccccc4)cc32)c1. The fourth-order valence-electron chi connectivity index (χ4n) is 13.2. The maximum atomic E-state index is 17.9. The highest BCUT2D eigenvalue weighted by Crippen LogP contribution is 2.49. The Morgan fingerprint density at radius 2 is 0.538 bits per heavy atom. The predicted molar refractivity (Wildman–Crippen MR) is 360 cm³/mol. The Morgan fingerprint density at radius 3 is 0.806 bits per heavy atom. The van der Waals surface area contributed by atoms with Crippen LogP contribution in [-0.4, -0.2) is 29.1 Å². The Kier molecular flexibility index (Phi) is 13.7. The number of fused-ring (bicyclic) bond motifs is 6. The first kappa shape index (κ1) is 55.8. The average molecular weight is 1210 g/mol. The molecule has 0 aliphatic carbocycles. The van der Waals surface area contributed by atoms with Crippen molar-refractivity contribution in [2.24, 2.45) is 0 Å². The smallest absolute Gasteiger partial charge is 0.200 e. The second kappa shape index (κ2) is 22.8. The molecule has 7 nitrogen and oxygen atoms in total. The van der Waals surface area contributed by atoms with Crippen molar-refractivity contribution >= 4 is 43.6 Å². The third kappa shape index (κ3) is 9.40. The molecular formula is C81H46F5N7. The van der Waals surface area contributed by atoms with Gasteiger partial charge in [0.1, 0.15) is 0 Å². The number of benzene rings is 10. The molecule has 0 N–H and O–H groups in total. The van der Waals surface area contributed by atoms with Gasteiger partial charge in [0, 0.05) is 96.4 Å². The highest BCUT2D eigenvalue weighted by atomic mass is 19.2. The van der Waals surface area contributed by atoms with Gasteiger partial charge >= 0.3 is 0 Å². The Labute approximate surface area is 529 Å². The van der Waals surface area contributed by atoms with E-state index in [-0.39, 0.29) is 16.9 Å². The minimum absolute atomic E-state index is 0.00623. The third-order valence-corrected chi connectivity index (χ3v) is 17.4. The molecule has 6 aromatic heterocycles. The lowest BCUT2D eigenvalue weighted by atomic mass is 9.95. The van der Waals surface area contributed by atoms with Crippen LogP contribution in [0.3, 0.4) is 0 Å². The van der Waals surface area contributed by atoms with Gasteiger partial charge in [-0.15, -0.1) is 0 Å². The normalized spacial score (nSPS) is 11.5. The molecule has 0 aliphatic heterocycles. The topological polar surface area (TPSA) is 85.2 Å². The van der Waals surface area contributed by atoms with Gasteiger partial charge in [0.05, 0.1) is 73.4 Å². The third-order valence-electron chi connectivity index (χ3n) is 17.4. The number of nitrogens with zero attached hydrogens (tertiary/aromatic N) is 7. The van der Waals surface area contributed by atoms with Crippen molar-refractivity contribution in [3.05, 3.63) is 314 Å². The van der Waals surface area contributed by atoms with E-state index in [1.54, 1.807) is 33.9 Å². The number of aromatic nitrogens is 6. The van der Waals surface area contributed by atoms with E-state index in [1.807, 2.05) is 243 Å². The summed E-state index contributed by atoms with van der Waals surface area (Å²) in [5.41, 5.74) is 12.1. The molecule has 0 bridgehead atoms. The van der Waals surface area contributed by atoms with Crippen molar-refractivity contribution in [3.63, 3.8) is 0 Å². The molecule has 0 spiro atoms. The van der Waals surface area contributed by atoms with E-state index in [0.29, 0.717) is 88.6 Å². The van der Waals surface area contributed by atoms with Crippen LogP contribution in [0.5, 0.6) is 0 Å². The molecule has 0 unspecified atom stereocenters. The molecule has 0 aliphatic rings. The lowest BCUT2D eigenvalue weighted by Gasteiger charge is -2.22. The second-order valence-electron chi connectivity index (χ2n) is 22.6. The van der Waals surface area contributed by atoms with Crippen molar-refractivity contribution in [1.29, 1.82) is 5.26 Å². The van der Waals surface area contributed by atoms with Crippen molar-refractivity contribution in [1.82, 2.24) is 29.1 Å². The van der Waals surface area contributed by atoms with Gasteiger partial charge in [-0.1, -0.05) is 194 Å². The van der Waals surface area contributed by atoms with Crippen molar-refractivity contribution in [2.75, 3.05) is 0 Å². The number of pyridine rings is 4. The number of hydrogen-bond donors (Lipinski definition) is 0. The first-order valence-corrected chi connectivity index (χ1v) is 30.0. The highest BCUT2D eigenvalue weighted by Gasteiger charge is 2.33. The van der Waals surface area contributed by atoms with Crippen LogP contribution >= 0.6 is 0 Å². The van der Waals surface area contributed by atoms with Crippen LogP contribution in [0.1, 0.15) is 5.56 Å². The monoisotopic (exact) mass is 1210 g/mol. The quantitative estimate of drug-likeness (QED) is 0.0732. The number of rotatable bonds is 11. The van der Waals surface area contributed by atoms with Crippen molar-refractivity contribution < 1.29 is 22.0 Å². The molecule has 10 aromatic carbocycles. The molecule has 440 valence electrons. The zero-order chi connectivity index (χ0) is 62.8. The summed E-state index contributed by atoms with van der Waals surface area (Å²) in [7, 11) is 0. The summed E-state index contributed by atoms with van der Waals surface area (Å²) in [4.78, 5) is 19.5. The van der Waals surface area contributed by atoms with E-state index < -0.39 is 40.2 Å². The molecule has 12 heteroatoms. The van der Waals surface area contributed by atoms with Gasteiger partial charge in [-0.3, -0.25) is 19.9 Å². The largest absolute Gasteiger partial charge is 0.308 e. The van der Waals surface area contributed by atoms with Crippen LogP contribution in [0.4, 0.5) is 22.0 Å². The standard InChI is InChI=1S/C81H46F5N7/c82-73-72(74(83)76(85)77(86)75(73)84)71-69(92-65-43-53(57-25-13-37-88-78(57)49-17-5-1-6-18-49)29-33-61(65)62-34-30-54(44-66(62)92)58-26-14-38-89-79(58)50-19-7-2-8-20-50)41-48(47-87)42-70(71)93-67-45-55(59-27-15-39-90-80(59)51-21-9-3-10-22-51)31-35-63(67)64-36-32-56(46-68(64)93)60-28-16-40-91-81(60)52-23-11-4-12-24-52/h1-46H. The maximum Gasteiger partial charge on any atom is 0.200 e. The Balaban J connectivity index is 1.07. The van der Waals surface area contributed by atoms with E-state index in [9.17, 15) is 5.26 Å². The van der Waals surface area contributed by atoms with Gasteiger partial charge in [0.2, 0.25) is 5.82 Å². The summed E-state index contributed by atoms with van der Waals surface area (Å²) >= 11 is 0. The first-order valence-electron chi connectivity index (χ1n) is 30.0. The van der Waals surface area contributed by atoms with Crippen molar-refractivity contribution in [2.45, 2.75) is 0 Å². The van der Waals surface area contributed by atoms with Gasteiger partial charge in [-0.05, 0) is 82.9 Å². The molecule has 0 amide bonds. The van der Waals surface area contributed by atoms with E-state index in [4.69, 9.17) is 19.9 Å². The molecule has 16 aromatic rings. The molecule has 0 saturated carbocycles. The summed E-state index contributed by atoms with van der Waals surface area (Å²) in [6.07, 6.45) is 6.87. The molecular weight excluding hydrogens is 1170 g/mol. The molecule has 0 saturated heterocycles. The zero-order valence-corrected chi connectivity index (χ0v) is 49.1. The zero-order valence-electron chi connectivity index (χ0n) is 49.1. The Morgan fingerprint density at radius 1 is 0.269 bits per heavy atom. The lowest BCUT2D eigenvalue weighted by Crippen LogP contribution is -2.10. The first-order chi connectivity index (χ1) is 45.7. The fraction of sp³-hybridized carbons (Fsp3) is 0. The van der Waals surface area contributed by atoms with E-state index in [0.717, 1.165) is 44.5 Å². The highest BCUT2D eigenvalue weighted by molar-refractivity contribution is 6.15. The van der Waals surface area contributed by atoms with Crippen LogP contribution in [-0.2, 0) is 0 Å². The minimum atomic E-state index is -2.32. The molecule has 93 heavy (non-hydrogen) atoms. The van der Waals surface area contributed by atoms with Gasteiger partial charge in [0.25, 0.3) is 0 Å². The van der Waals surface area contributed by atoms with E-state index in [2.05, 4.69) is 6.07 Å². The fourth-order valence-corrected chi connectivity index (χ4v) is 13.2. The summed E-state index contributed by atoms with van der Waals surface area (Å²) in [5, 5.41) is 14.2. The van der Waals surface area contributed by atoms with Crippen LogP contribution in [0.2, 0.25) is 0 Å². The minimum Gasteiger partial charge on any atom is -0.308 e. The van der Waals surface area contributed by atoms with Gasteiger partial charge in [-0.25, -0.2) is 22.0 Å². The lowest BCUT2D eigenvalue weighted by molar-refractivity contribution is 0.381. The van der Waals surface area contributed by atoms with Gasteiger partial charge in [-0.2, -0.15) is 5.26 Å². The van der Waals surface area contributed by atoms with Crippen molar-refractivity contribution in [3.8, 4) is 118 Å². The predicted octanol–water partition coefficient (Wildman–Crippen LogP) is 21.0. The maximum absolute atomic E-state index is 17.9. The van der Waals surface area contributed by atoms with Crippen LogP contribution < -0.4 is 0 Å². The second-order valence-corrected chi connectivity index (χ2v) is 22.6. The molecule has 0 radical (unpaired) electrons. The summed E-state index contributed by atoms with van der Waals surface area (Å²) < 4.78 is 88.4. The molecule has 16 rings (SSSR count). The molecule has 6 heterocycles. The van der Waals surface area contributed by atoms with Crippen LogP contribution in [0.15, 0.2) is 280 Å². The van der Waals surface area contributed by atoms with Gasteiger partial charge < -0.3 is 9.13 Å². The summed E-state index contributed by atoms with van der Waals surface area (Å²) in [6.45, 7) is 0. The molecule has 0 atom stereocenters. The van der Waals surface area contributed by atoms with Crippen LogP contribution in [0, 0.1) is 40.4 Å². The molecule has 0 fully saturated rings. The number of hydrogen-bond acceptors (Lipinski definition) is 5. The summed E-state index contributed by atoms with van der Waals surface area (Å²) in [5.74, 6) is -10.8. The van der Waals surface area contributed by atoms with Crippen LogP contribution in [0.25, 0.3) is 156 Å². The Bertz CT molecular complexity index is 5090. The average Bonchev–Trinajstić information content (AvgIpc) is 1.61. The van der Waals surface area contributed by atoms with Gasteiger partial charge in [0.15, 0.2) is 23.3 Å². The Hall–Kier alpha value is -12.5. The van der Waals surface area contributed by atoms with E-state index in [1.165, 1.54) is 12.1 Å². The summed E-state index contributed by atoms with van der Waals surface area (Å²) in [6, 6.07) is 82.8. The number of nitriles is 1.